The van der Waals surface area contributed by atoms with Gasteiger partial charge in [0.05, 0.1) is 11.3 Å². The number of pyridine rings is 1. The van der Waals surface area contributed by atoms with E-state index < -0.39 is 23.3 Å². The maximum Gasteiger partial charge on any atom is 0.418 e. The third-order valence-electron chi connectivity index (χ3n) is 3.15. The fourth-order valence-corrected chi connectivity index (χ4v) is 1.95. The summed E-state index contributed by atoms with van der Waals surface area (Å²) in [6.07, 6.45) is -0.272. The van der Waals surface area contributed by atoms with Gasteiger partial charge < -0.3 is 10.6 Å². The molecule has 5 nitrogen and oxygen atoms in total. The van der Waals surface area contributed by atoms with E-state index in [9.17, 15) is 18.0 Å². The van der Waals surface area contributed by atoms with Gasteiger partial charge in [-0.2, -0.15) is 18.4 Å². The zero-order valence-corrected chi connectivity index (χ0v) is 12.8. The lowest BCUT2D eigenvalue weighted by Gasteiger charge is -2.13. The Balaban J connectivity index is 2.08. The van der Waals surface area contributed by atoms with E-state index in [4.69, 9.17) is 5.26 Å². The van der Waals surface area contributed by atoms with Gasteiger partial charge in [-0.25, -0.2) is 0 Å². The van der Waals surface area contributed by atoms with Gasteiger partial charge in [0.2, 0.25) is 0 Å². The molecule has 8 heteroatoms. The molecule has 128 valence electrons. The lowest BCUT2D eigenvalue weighted by Crippen LogP contribution is -2.19. The number of alkyl halides is 3. The van der Waals surface area contributed by atoms with Crippen LogP contribution < -0.4 is 10.6 Å². The van der Waals surface area contributed by atoms with Gasteiger partial charge in [-0.3, -0.25) is 9.78 Å². The first-order valence-electron chi connectivity index (χ1n) is 7.12. The second kappa shape index (κ2) is 7.97. The van der Waals surface area contributed by atoms with Crippen LogP contribution in [0.15, 0.2) is 60.6 Å². The summed E-state index contributed by atoms with van der Waals surface area (Å²) < 4.78 is 38.8. The molecule has 2 N–H and O–H groups in total. The Morgan fingerprint density at radius 1 is 1.20 bits per heavy atom. The van der Waals surface area contributed by atoms with E-state index in [0.29, 0.717) is 6.54 Å². The number of nitriles is 1. The highest BCUT2D eigenvalue weighted by Crippen LogP contribution is 2.34. The number of carbonyl (C=O) groups excluding carboxylic acids is 1. The van der Waals surface area contributed by atoms with Crippen LogP contribution in [0, 0.1) is 11.3 Å². The van der Waals surface area contributed by atoms with E-state index in [1.807, 2.05) is 0 Å². The topological polar surface area (TPSA) is 77.8 Å². The quantitative estimate of drug-likeness (QED) is 0.644. The lowest BCUT2D eigenvalue weighted by molar-refractivity contribution is -0.137. The average molecular weight is 346 g/mol. The van der Waals surface area contributed by atoms with E-state index in [1.54, 1.807) is 30.6 Å². The predicted molar refractivity (Wildman–Crippen MR) is 84.8 cm³/mol. The predicted octanol–water partition coefficient (Wildman–Crippen LogP) is 3.24. The van der Waals surface area contributed by atoms with Crippen molar-refractivity contribution in [2.75, 3.05) is 5.32 Å². The number of nitrogens with one attached hydrogen (secondary N) is 2. The summed E-state index contributed by atoms with van der Waals surface area (Å²) in [6, 6.07) is 9.71. The third kappa shape index (κ3) is 5.07. The molecule has 1 aromatic heterocycles. The summed E-state index contributed by atoms with van der Waals surface area (Å²) in [4.78, 5) is 15.9. The molecule has 2 aromatic rings. The Kier molecular flexibility index (Phi) is 5.74. The molecule has 0 aliphatic rings. The number of aromatic nitrogens is 1. The number of hydrogen-bond donors (Lipinski definition) is 2. The highest BCUT2D eigenvalue weighted by molar-refractivity contribution is 6.06. The van der Waals surface area contributed by atoms with E-state index in [1.165, 1.54) is 12.1 Å². The zero-order valence-electron chi connectivity index (χ0n) is 12.8. The van der Waals surface area contributed by atoms with Gasteiger partial charge in [0, 0.05) is 25.1 Å². The highest BCUT2D eigenvalue weighted by Gasteiger charge is 2.33. The number of amides is 1. The summed E-state index contributed by atoms with van der Waals surface area (Å²) in [6.45, 7) is 0.333. The number of rotatable bonds is 5. The maximum atomic E-state index is 12.9. The van der Waals surface area contributed by atoms with Crippen molar-refractivity contribution in [2.45, 2.75) is 12.7 Å². The number of carbonyl (C=O) groups is 1. The smallest absolute Gasteiger partial charge is 0.386 e. The van der Waals surface area contributed by atoms with Crippen LogP contribution in [0.3, 0.4) is 0 Å². The molecule has 0 bridgehead atoms. The van der Waals surface area contributed by atoms with E-state index in [-0.39, 0.29) is 5.57 Å². The van der Waals surface area contributed by atoms with Gasteiger partial charge in [0.25, 0.3) is 5.91 Å². The molecule has 0 spiro atoms. The maximum absolute atomic E-state index is 12.9. The van der Waals surface area contributed by atoms with Crippen LogP contribution in [0.25, 0.3) is 0 Å². The van der Waals surface area contributed by atoms with Crippen molar-refractivity contribution in [1.82, 2.24) is 10.3 Å². The Morgan fingerprint density at radius 3 is 2.52 bits per heavy atom. The Bertz CT molecular complexity index is 811. The first-order valence-corrected chi connectivity index (χ1v) is 7.12. The van der Waals surface area contributed by atoms with E-state index in [0.717, 1.165) is 23.9 Å². The van der Waals surface area contributed by atoms with Crippen molar-refractivity contribution in [3.05, 3.63) is 71.7 Å². The third-order valence-corrected chi connectivity index (χ3v) is 3.15. The molecule has 0 saturated carbocycles. The number of halogens is 3. The van der Waals surface area contributed by atoms with Gasteiger partial charge in [-0.15, -0.1) is 0 Å². The van der Waals surface area contributed by atoms with Crippen LogP contribution in [0.1, 0.15) is 11.1 Å². The number of anilines is 1. The van der Waals surface area contributed by atoms with Crippen LogP contribution >= 0.6 is 0 Å². The summed E-state index contributed by atoms with van der Waals surface area (Å²) in [5, 5.41) is 13.9. The van der Waals surface area contributed by atoms with Gasteiger partial charge >= 0.3 is 6.18 Å². The average Bonchev–Trinajstić information content (AvgIpc) is 2.59. The first-order chi connectivity index (χ1) is 11.9. The highest BCUT2D eigenvalue weighted by atomic mass is 19.4. The van der Waals surface area contributed by atoms with Crippen LogP contribution in [0.5, 0.6) is 0 Å². The van der Waals surface area contributed by atoms with Crippen molar-refractivity contribution in [2.24, 2.45) is 0 Å². The van der Waals surface area contributed by atoms with Gasteiger partial charge in [0.1, 0.15) is 11.6 Å². The molecular weight excluding hydrogens is 333 g/mol. The molecule has 0 fully saturated rings. The van der Waals surface area contributed by atoms with Crippen molar-refractivity contribution in [3.8, 4) is 6.07 Å². The SMILES string of the molecule is N#C/C(=C/NCc1ccncc1)C(=O)Nc1ccccc1C(F)(F)F. The monoisotopic (exact) mass is 346 g/mol. The van der Waals surface area contributed by atoms with Crippen LogP contribution in [0.2, 0.25) is 0 Å². The minimum absolute atomic E-state index is 0.333. The van der Waals surface area contributed by atoms with Crippen molar-refractivity contribution in [3.63, 3.8) is 0 Å². The summed E-state index contributed by atoms with van der Waals surface area (Å²) >= 11 is 0. The molecule has 2 rings (SSSR count). The minimum atomic E-state index is -4.61. The fraction of sp³-hybridized carbons (Fsp3) is 0.118. The molecule has 0 aliphatic heterocycles. The molecule has 25 heavy (non-hydrogen) atoms. The second-order valence-electron chi connectivity index (χ2n) is 4.90. The number of benzene rings is 1. The zero-order chi connectivity index (χ0) is 18.3. The molecule has 0 radical (unpaired) electrons. The number of hydrogen-bond acceptors (Lipinski definition) is 4. The van der Waals surface area contributed by atoms with Gasteiger partial charge in [-0.1, -0.05) is 12.1 Å². The molecule has 0 atom stereocenters. The standard InChI is InChI=1S/C17H13F3N4O/c18-17(19,20)14-3-1-2-4-15(14)24-16(25)13(9-21)11-23-10-12-5-7-22-8-6-12/h1-8,11,23H,10H2,(H,24,25)/b13-11-. The molecule has 1 aromatic carbocycles. The van der Waals surface area contributed by atoms with Crippen molar-refractivity contribution >= 4 is 11.6 Å². The second-order valence-corrected chi connectivity index (χ2v) is 4.90. The molecule has 1 heterocycles. The molecular formula is C17H13F3N4O. The Hall–Kier alpha value is -3.34. The van der Waals surface area contributed by atoms with Gasteiger partial charge in [0.15, 0.2) is 0 Å². The summed E-state index contributed by atoms with van der Waals surface area (Å²) in [5.74, 6) is -0.929. The number of para-hydroxylation sites is 1. The molecule has 0 unspecified atom stereocenters. The fourth-order valence-electron chi connectivity index (χ4n) is 1.95. The van der Waals surface area contributed by atoms with E-state index >= 15 is 0 Å². The van der Waals surface area contributed by atoms with Crippen LogP contribution in [0.4, 0.5) is 18.9 Å². The molecule has 1 amide bonds. The Labute approximate surface area is 141 Å². The van der Waals surface area contributed by atoms with Crippen LogP contribution in [-0.2, 0) is 17.5 Å². The van der Waals surface area contributed by atoms with Crippen molar-refractivity contribution in [1.29, 1.82) is 5.26 Å². The lowest BCUT2D eigenvalue weighted by atomic mass is 10.1. The number of nitrogens with zero attached hydrogens (tertiary/aromatic N) is 2. The van der Waals surface area contributed by atoms with Gasteiger partial charge in [-0.05, 0) is 29.8 Å². The van der Waals surface area contributed by atoms with Crippen molar-refractivity contribution < 1.29 is 18.0 Å². The Morgan fingerprint density at radius 2 is 1.88 bits per heavy atom. The first kappa shape index (κ1) is 18.0. The normalized spacial score (nSPS) is 11.5. The largest absolute Gasteiger partial charge is 0.418 e. The summed E-state index contributed by atoms with van der Waals surface area (Å²) in [7, 11) is 0. The summed E-state index contributed by atoms with van der Waals surface area (Å²) in [5.41, 5.74) is -0.863. The molecule has 0 aliphatic carbocycles. The van der Waals surface area contributed by atoms with Crippen LogP contribution in [-0.4, -0.2) is 10.9 Å². The minimum Gasteiger partial charge on any atom is -0.386 e. The van der Waals surface area contributed by atoms with E-state index in [2.05, 4.69) is 15.6 Å². The molecule has 0 saturated heterocycles.